The summed E-state index contributed by atoms with van der Waals surface area (Å²) in [4.78, 5) is 0. The van der Waals surface area contributed by atoms with E-state index in [0.29, 0.717) is 5.56 Å². The molecule has 1 atom stereocenters. The molecule has 0 aromatic heterocycles. The molecular weight excluding hydrogens is 248 g/mol. The van der Waals surface area contributed by atoms with Gasteiger partial charge in [0, 0.05) is 6.04 Å². The van der Waals surface area contributed by atoms with Gasteiger partial charge < -0.3 is 10.4 Å². The van der Waals surface area contributed by atoms with Crippen LogP contribution in [0.25, 0.3) is 0 Å². The fourth-order valence-electron chi connectivity index (χ4n) is 1.88. The van der Waals surface area contributed by atoms with Gasteiger partial charge in [-0.15, -0.1) is 0 Å². The second-order valence-corrected chi connectivity index (χ2v) is 4.51. The molecule has 0 radical (unpaired) electrons. The molecule has 2 rings (SSSR count). The molecule has 0 amide bonds. The van der Waals surface area contributed by atoms with Gasteiger partial charge in [0.2, 0.25) is 0 Å². The molecule has 19 heavy (non-hydrogen) atoms. The first-order valence-corrected chi connectivity index (χ1v) is 5.99. The van der Waals surface area contributed by atoms with Crippen molar-refractivity contribution in [3.63, 3.8) is 0 Å². The van der Waals surface area contributed by atoms with Gasteiger partial charge in [-0.25, -0.2) is 8.78 Å². The van der Waals surface area contributed by atoms with Crippen molar-refractivity contribution in [3.8, 4) is 5.75 Å². The topological polar surface area (TPSA) is 32.3 Å². The number of nitrogens with one attached hydrogen (secondary N) is 1. The minimum absolute atomic E-state index is 0.122. The summed E-state index contributed by atoms with van der Waals surface area (Å²) in [5.74, 6) is -1.10. The Morgan fingerprint density at radius 3 is 2.58 bits per heavy atom. The zero-order chi connectivity index (χ0) is 14.0. The van der Waals surface area contributed by atoms with Crippen LogP contribution in [0.3, 0.4) is 0 Å². The van der Waals surface area contributed by atoms with Crippen LogP contribution in [0.2, 0.25) is 0 Å². The molecule has 2 aromatic rings. The zero-order valence-electron chi connectivity index (χ0n) is 10.7. The monoisotopic (exact) mass is 263 g/mol. The fraction of sp³-hybridized carbons (Fsp3) is 0.200. The number of benzene rings is 2. The molecule has 0 aliphatic rings. The number of phenolic OH excluding ortho intramolecular Hbond substituents is 1. The van der Waals surface area contributed by atoms with E-state index in [4.69, 9.17) is 0 Å². The highest BCUT2D eigenvalue weighted by molar-refractivity contribution is 5.50. The van der Waals surface area contributed by atoms with Gasteiger partial charge in [-0.05, 0) is 43.2 Å². The number of anilines is 1. The van der Waals surface area contributed by atoms with Crippen molar-refractivity contribution in [1.29, 1.82) is 0 Å². The van der Waals surface area contributed by atoms with Crippen molar-refractivity contribution in [3.05, 3.63) is 59.2 Å². The second kappa shape index (κ2) is 5.26. The molecule has 2 N–H and O–H groups in total. The Bertz CT molecular complexity index is 599. The molecule has 0 aliphatic carbocycles. The molecule has 100 valence electrons. The minimum Gasteiger partial charge on any atom is -0.508 e. The third-order valence-electron chi connectivity index (χ3n) is 3.02. The maximum atomic E-state index is 13.9. The van der Waals surface area contributed by atoms with Gasteiger partial charge in [0.05, 0.1) is 0 Å². The Kier molecular flexibility index (Phi) is 3.69. The third-order valence-corrected chi connectivity index (χ3v) is 3.02. The maximum absolute atomic E-state index is 13.9. The summed E-state index contributed by atoms with van der Waals surface area (Å²) in [6.45, 7) is 3.36. The highest BCUT2D eigenvalue weighted by Gasteiger charge is 2.14. The number of halogens is 2. The largest absolute Gasteiger partial charge is 0.508 e. The van der Waals surface area contributed by atoms with Crippen molar-refractivity contribution in [2.45, 2.75) is 19.9 Å². The minimum atomic E-state index is -0.630. The SMILES string of the molecule is Cc1ccc(F)c(NC(C)c2cccc(O)c2)c1F. The van der Waals surface area contributed by atoms with E-state index in [9.17, 15) is 13.9 Å². The molecule has 1 unspecified atom stereocenters. The van der Waals surface area contributed by atoms with Crippen molar-refractivity contribution < 1.29 is 13.9 Å². The highest BCUT2D eigenvalue weighted by Crippen LogP contribution is 2.27. The molecular formula is C15H15F2NO. The molecule has 2 aromatic carbocycles. The predicted molar refractivity (Wildman–Crippen MR) is 71.2 cm³/mol. The summed E-state index contributed by atoms with van der Waals surface area (Å²) in [5, 5.41) is 12.2. The molecule has 2 nitrogen and oxygen atoms in total. The van der Waals surface area contributed by atoms with Crippen LogP contribution in [-0.4, -0.2) is 5.11 Å². The second-order valence-electron chi connectivity index (χ2n) is 4.51. The lowest BCUT2D eigenvalue weighted by molar-refractivity contribution is 0.474. The Morgan fingerprint density at radius 2 is 1.89 bits per heavy atom. The lowest BCUT2D eigenvalue weighted by Gasteiger charge is -2.17. The summed E-state index contributed by atoms with van der Waals surface area (Å²) >= 11 is 0. The highest BCUT2D eigenvalue weighted by atomic mass is 19.1. The van der Waals surface area contributed by atoms with Crippen molar-refractivity contribution in [2.75, 3.05) is 5.32 Å². The van der Waals surface area contributed by atoms with Gasteiger partial charge in [-0.2, -0.15) is 0 Å². The Morgan fingerprint density at radius 1 is 1.16 bits per heavy atom. The van der Waals surface area contributed by atoms with Crippen LogP contribution < -0.4 is 5.32 Å². The Balaban J connectivity index is 2.29. The number of hydrogen-bond donors (Lipinski definition) is 2. The molecule has 0 spiro atoms. The summed E-state index contributed by atoms with van der Waals surface area (Å²) in [7, 11) is 0. The molecule has 4 heteroatoms. The average molecular weight is 263 g/mol. The van der Waals surface area contributed by atoms with Crippen LogP contribution in [0.5, 0.6) is 5.75 Å². The van der Waals surface area contributed by atoms with Gasteiger partial charge in [-0.1, -0.05) is 18.2 Å². The average Bonchev–Trinajstić information content (AvgIpc) is 2.39. The summed E-state index contributed by atoms with van der Waals surface area (Å²) < 4.78 is 27.5. The quantitative estimate of drug-likeness (QED) is 0.871. The molecule has 0 fully saturated rings. The number of aryl methyl sites for hydroxylation is 1. The van der Waals surface area contributed by atoms with E-state index in [0.717, 1.165) is 5.56 Å². The van der Waals surface area contributed by atoms with E-state index in [1.165, 1.54) is 12.1 Å². The van der Waals surface area contributed by atoms with Gasteiger partial charge in [0.1, 0.15) is 17.3 Å². The van der Waals surface area contributed by atoms with Crippen molar-refractivity contribution in [2.24, 2.45) is 0 Å². The fourth-order valence-corrected chi connectivity index (χ4v) is 1.88. The normalized spacial score (nSPS) is 12.2. The smallest absolute Gasteiger partial charge is 0.152 e. The number of rotatable bonds is 3. The maximum Gasteiger partial charge on any atom is 0.152 e. The Labute approximate surface area is 110 Å². The van der Waals surface area contributed by atoms with Crippen LogP contribution in [0, 0.1) is 18.6 Å². The molecule has 0 aliphatic heterocycles. The molecule has 0 saturated heterocycles. The van der Waals surface area contributed by atoms with Crippen LogP contribution in [0.4, 0.5) is 14.5 Å². The summed E-state index contributed by atoms with van der Waals surface area (Å²) in [5.41, 5.74) is 0.989. The van der Waals surface area contributed by atoms with Gasteiger partial charge in [0.25, 0.3) is 0 Å². The third kappa shape index (κ3) is 2.84. The molecule has 0 bridgehead atoms. The number of hydrogen-bond acceptors (Lipinski definition) is 2. The van der Waals surface area contributed by atoms with Crippen molar-refractivity contribution >= 4 is 5.69 Å². The molecule has 0 heterocycles. The van der Waals surface area contributed by atoms with Gasteiger partial charge in [0.15, 0.2) is 5.82 Å². The van der Waals surface area contributed by atoms with E-state index in [1.807, 2.05) is 0 Å². The van der Waals surface area contributed by atoms with Crippen molar-refractivity contribution in [1.82, 2.24) is 0 Å². The lowest BCUT2D eigenvalue weighted by Crippen LogP contribution is -2.10. The van der Waals surface area contributed by atoms with E-state index >= 15 is 0 Å². The van der Waals surface area contributed by atoms with E-state index < -0.39 is 11.6 Å². The first-order chi connectivity index (χ1) is 8.99. The van der Waals surface area contributed by atoms with E-state index in [-0.39, 0.29) is 17.5 Å². The lowest BCUT2D eigenvalue weighted by atomic mass is 10.1. The Hall–Kier alpha value is -2.10. The zero-order valence-corrected chi connectivity index (χ0v) is 10.7. The van der Waals surface area contributed by atoms with Gasteiger partial charge in [-0.3, -0.25) is 0 Å². The summed E-state index contributed by atoms with van der Waals surface area (Å²) in [6.07, 6.45) is 0. The first-order valence-electron chi connectivity index (χ1n) is 5.99. The first kappa shape index (κ1) is 13.3. The van der Waals surface area contributed by atoms with E-state index in [2.05, 4.69) is 5.32 Å². The number of aromatic hydroxyl groups is 1. The number of phenols is 1. The molecule has 0 saturated carbocycles. The van der Waals surface area contributed by atoms with Crippen LogP contribution >= 0.6 is 0 Å². The van der Waals surface area contributed by atoms with E-state index in [1.54, 1.807) is 38.1 Å². The van der Waals surface area contributed by atoms with Crippen LogP contribution in [-0.2, 0) is 0 Å². The summed E-state index contributed by atoms with van der Waals surface area (Å²) in [6, 6.07) is 8.88. The van der Waals surface area contributed by atoms with Crippen LogP contribution in [0.1, 0.15) is 24.1 Å². The standard InChI is InChI=1S/C15H15F2NO/c1-9-6-7-13(16)15(14(9)17)18-10(2)11-4-3-5-12(19)8-11/h3-8,10,18-19H,1-2H3. The van der Waals surface area contributed by atoms with Gasteiger partial charge >= 0.3 is 0 Å². The predicted octanol–water partition coefficient (Wildman–Crippen LogP) is 4.15. The van der Waals surface area contributed by atoms with Crippen LogP contribution in [0.15, 0.2) is 36.4 Å².